The first-order valence-electron chi connectivity index (χ1n) is 13.1. The van der Waals surface area contributed by atoms with Crippen molar-refractivity contribution in [2.75, 3.05) is 0 Å². The molecule has 0 saturated heterocycles. The van der Waals surface area contributed by atoms with Gasteiger partial charge in [-0.15, -0.1) is 0 Å². The van der Waals surface area contributed by atoms with E-state index in [9.17, 15) is 9.59 Å². The highest BCUT2D eigenvalue weighted by molar-refractivity contribution is 6.02. The summed E-state index contributed by atoms with van der Waals surface area (Å²) < 4.78 is 11.5. The van der Waals surface area contributed by atoms with Gasteiger partial charge < -0.3 is 19.8 Å². The summed E-state index contributed by atoms with van der Waals surface area (Å²) in [6.07, 6.45) is 4.10. The average molecular weight is 548 g/mol. The zero-order chi connectivity index (χ0) is 28.3. The first kappa shape index (κ1) is 27.1. The SMILES string of the molecule is O=C(N[C@H](Cc1cnc[nH]1)C(=O)N/N=C\c1c(OCc2ccccc2)ccc2ccccc12)OCc1ccccc1. The number of hydrogen-bond acceptors (Lipinski definition) is 6. The molecule has 3 N–H and O–H groups in total. The number of nitrogens with one attached hydrogen (secondary N) is 3. The number of hydrogen-bond donors (Lipinski definition) is 3. The predicted molar refractivity (Wildman–Crippen MR) is 156 cm³/mol. The molecule has 1 heterocycles. The van der Waals surface area contributed by atoms with Gasteiger partial charge in [0.1, 0.15) is 25.0 Å². The number of rotatable bonds is 11. The van der Waals surface area contributed by atoms with Gasteiger partial charge in [0, 0.05) is 23.9 Å². The monoisotopic (exact) mass is 547 g/mol. The van der Waals surface area contributed by atoms with Crippen LogP contribution in [0, 0.1) is 0 Å². The fourth-order valence-corrected chi connectivity index (χ4v) is 4.24. The Labute approximate surface area is 237 Å². The molecule has 5 aromatic rings. The number of nitrogens with zero attached hydrogens (tertiary/aromatic N) is 2. The fraction of sp³-hybridized carbons (Fsp3) is 0.125. The molecule has 0 bridgehead atoms. The van der Waals surface area contributed by atoms with Gasteiger partial charge in [0.2, 0.25) is 0 Å². The summed E-state index contributed by atoms with van der Waals surface area (Å²) in [4.78, 5) is 32.7. The largest absolute Gasteiger partial charge is 0.488 e. The molecule has 0 spiro atoms. The van der Waals surface area contributed by atoms with Crippen LogP contribution in [-0.2, 0) is 29.2 Å². The molecular weight excluding hydrogens is 518 g/mol. The van der Waals surface area contributed by atoms with Gasteiger partial charge in [0.25, 0.3) is 5.91 Å². The summed E-state index contributed by atoms with van der Waals surface area (Å²) in [6.45, 7) is 0.462. The molecule has 9 heteroatoms. The number of carbonyl (C=O) groups is 2. The molecular formula is C32H29N5O4. The Morgan fingerprint density at radius 2 is 1.59 bits per heavy atom. The van der Waals surface area contributed by atoms with Crippen molar-refractivity contribution < 1.29 is 19.1 Å². The van der Waals surface area contributed by atoms with Gasteiger partial charge in [0.15, 0.2) is 0 Å². The van der Waals surface area contributed by atoms with Gasteiger partial charge in [-0.3, -0.25) is 4.79 Å². The number of H-pyrrole nitrogens is 1. The number of fused-ring (bicyclic) bond motifs is 1. The number of amides is 2. The van der Waals surface area contributed by atoms with Gasteiger partial charge in [-0.05, 0) is 28.0 Å². The van der Waals surface area contributed by atoms with Crippen molar-refractivity contribution in [1.82, 2.24) is 20.7 Å². The molecule has 1 aromatic heterocycles. The highest BCUT2D eigenvalue weighted by Gasteiger charge is 2.22. The lowest BCUT2D eigenvalue weighted by Crippen LogP contribution is -2.47. The smallest absolute Gasteiger partial charge is 0.408 e. The molecule has 4 aromatic carbocycles. The zero-order valence-electron chi connectivity index (χ0n) is 22.2. The first-order valence-corrected chi connectivity index (χ1v) is 13.1. The number of aromatic amines is 1. The molecule has 0 radical (unpaired) electrons. The summed E-state index contributed by atoms with van der Waals surface area (Å²) in [7, 11) is 0. The number of hydrazone groups is 1. The standard InChI is InChI=1S/C32H29N5O4/c38-31(29(17-26-18-33-22-34-26)36-32(39)41-21-24-11-5-2-6-12-24)37-35-19-28-27-14-8-7-13-25(27)15-16-30(28)40-20-23-9-3-1-4-10-23/h1-16,18-19,22,29H,17,20-21H2,(H,33,34)(H,36,39)(H,37,38)/b35-19-/t29-/m1/s1. The molecule has 0 unspecified atom stereocenters. The van der Waals surface area contributed by atoms with Crippen LogP contribution in [0.15, 0.2) is 115 Å². The minimum atomic E-state index is -0.961. The molecule has 0 aliphatic heterocycles. The molecule has 1 atom stereocenters. The molecule has 0 fully saturated rings. The van der Waals surface area contributed by atoms with Gasteiger partial charge in [0.05, 0.1) is 12.5 Å². The summed E-state index contributed by atoms with van der Waals surface area (Å²) in [5.41, 5.74) is 5.82. The lowest BCUT2D eigenvalue weighted by atomic mass is 10.0. The van der Waals surface area contributed by atoms with E-state index in [-0.39, 0.29) is 13.0 Å². The maximum absolute atomic E-state index is 13.2. The second-order valence-corrected chi connectivity index (χ2v) is 9.25. The minimum absolute atomic E-state index is 0.0794. The number of aromatic nitrogens is 2. The van der Waals surface area contributed by atoms with E-state index in [0.29, 0.717) is 18.1 Å². The number of carbonyl (C=O) groups excluding carboxylic acids is 2. The topological polar surface area (TPSA) is 118 Å². The Morgan fingerprint density at radius 3 is 2.32 bits per heavy atom. The third kappa shape index (κ3) is 7.57. The second-order valence-electron chi connectivity index (χ2n) is 9.25. The molecule has 2 amide bonds. The Bertz CT molecular complexity index is 1610. The Kier molecular flexibility index (Phi) is 8.98. The summed E-state index contributed by atoms with van der Waals surface area (Å²) in [5, 5.41) is 8.80. The van der Waals surface area contributed by atoms with Crippen LogP contribution in [0.4, 0.5) is 4.79 Å². The Hall–Kier alpha value is -5.44. The molecule has 41 heavy (non-hydrogen) atoms. The van der Waals surface area contributed by atoms with Gasteiger partial charge in [-0.2, -0.15) is 5.10 Å². The molecule has 0 saturated carbocycles. The van der Waals surface area contributed by atoms with Crippen LogP contribution in [0.2, 0.25) is 0 Å². The normalized spacial score (nSPS) is 11.7. The van der Waals surface area contributed by atoms with E-state index >= 15 is 0 Å². The lowest BCUT2D eigenvalue weighted by molar-refractivity contribution is -0.123. The van der Waals surface area contributed by atoms with Crippen molar-refractivity contribution in [2.24, 2.45) is 5.10 Å². The van der Waals surface area contributed by atoms with Gasteiger partial charge >= 0.3 is 6.09 Å². The second kappa shape index (κ2) is 13.6. The lowest BCUT2D eigenvalue weighted by Gasteiger charge is -2.16. The highest BCUT2D eigenvalue weighted by atomic mass is 16.5. The van der Waals surface area contributed by atoms with Crippen molar-refractivity contribution in [3.05, 3.63) is 132 Å². The minimum Gasteiger partial charge on any atom is -0.488 e. The third-order valence-corrected chi connectivity index (χ3v) is 6.34. The molecule has 206 valence electrons. The summed E-state index contributed by atoms with van der Waals surface area (Å²) in [5.74, 6) is 0.113. The van der Waals surface area contributed by atoms with E-state index < -0.39 is 18.0 Å². The van der Waals surface area contributed by atoms with E-state index in [4.69, 9.17) is 9.47 Å². The molecule has 5 rings (SSSR count). The van der Waals surface area contributed by atoms with Gasteiger partial charge in [-0.25, -0.2) is 15.2 Å². The molecule has 0 aliphatic rings. The molecule has 9 nitrogen and oxygen atoms in total. The number of alkyl carbamates (subject to hydrolysis) is 1. The van der Waals surface area contributed by atoms with Crippen molar-refractivity contribution >= 4 is 29.0 Å². The van der Waals surface area contributed by atoms with Crippen molar-refractivity contribution in [3.63, 3.8) is 0 Å². The van der Waals surface area contributed by atoms with Crippen LogP contribution in [0.1, 0.15) is 22.4 Å². The van der Waals surface area contributed by atoms with E-state index in [2.05, 4.69) is 25.8 Å². The van der Waals surface area contributed by atoms with Gasteiger partial charge in [-0.1, -0.05) is 91.0 Å². The fourth-order valence-electron chi connectivity index (χ4n) is 4.24. The quantitative estimate of drug-likeness (QED) is 0.157. The molecule has 0 aliphatic carbocycles. The van der Waals surface area contributed by atoms with Crippen molar-refractivity contribution in [3.8, 4) is 5.75 Å². The van der Waals surface area contributed by atoms with Crippen LogP contribution in [-0.4, -0.2) is 34.2 Å². The van der Waals surface area contributed by atoms with Crippen LogP contribution in [0.25, 0.3) is 10.8 Å². The number of benzene rings is 4. The van der Waals surface area contributed by atoms with Crippen molar-refractivity contribution in [1.29, 1.82) is 0 Å². The maximum atomic E-state index is 13.2. The van der Waals surface area contributed by atoms with Crippen molar-refractivity contribution in [2.45, 2.75) is 25.7 Å². The van der Waals surface area contributed by atoms with E-state index in [1.54, 1.807) is 12.4 Å². The third-order valence-electron chi connectivity index (χ3n) is 6.34. The van der Waals surface area contributed by atoms with Crippen LogP contribution in [0.5, 0.6) is 5.75 Å². The summed E-state index contributed by atoms with van der Waals surface area (Å²) in [6, 6.07) is 29.9. The Morgan fingerprint density at radius 1 is 0.878 bits per heavy atom. The number of imidazole rings is 1. The zero-order valence-corrected chi connectivity index (χ0v) is 22.2. The summed E-state index contributed by atoms with van der Waals surface area (Å²) >= 11 is 0. The first-order chi connectivity index (χ1) is 20.2. The Balaban J connectivity index is 1.29. The predicted octanol–water partition coefficient (Wildman–Crippen LogP) is 5.13. The van der Waals surface area contributed by atoms with Crippen LogP contribution < -0.4 is 15.5 Å². The van der Waals surface area contributed by atoms with E-state index in [0.717, 1.165) is 27.5 Å². The average Bonchev–Trinajstić information content (AvgIpc) is 3.53. The van der Waals surface area contributed by atoms with Crippen LogP contribution >= 0.6 is 0 Å². The number of ether oxygens (including phenoxy) is 2. The highest BCUT2D eigenvalue weighted by Crippen LogP contribution is 2.27. The van der Waals surface area contributed by atoms with Crippen LogP contribution in [0.3, 0.4) is 0 Å². The van der Waals surface area contributed by atoms with E-state index in [1.165, 1.54) is 6.33 Å². The van der Waals surface area contributed by atoms with E-state index in [1.807, 2.05) is 97.1 Å². The maximum Gasteiger partial charge on any atom is 0.408 e.